The van der Waals surface area contributed by atoms with Gasteiger partial charge in [0, 0.05) is 24.7 Å². The van der Waals surface area contributed by atoms with Crippen LogP contribution >= 0.6 is 12.4 Å². The highest BCUT2D eigenvalue weighted by Gasteiger charge is 2.31. The Bertz CT molecular complexity index is 515. The number of fused-ring (bicyclic) bond motifs is 1. The Labute approximate surface area is 123 Å². The van der Waals surface area contributed by atoms with Gasteiger partial charge in [0.15, 0.2) is 0 Å². The van der Waals surface area contributed by atoms with Crippen LogP contribution in [-0.2, 0) is 9.59 Å². The third kappa shape index (κ3) is 2.94. The molecule has 2 unspecified atom stereocenters. The van der Waals surface area contributed by atoms with Crippen molar-refractivity contribution >= 4 is 29.9 Å². The first-order valence-electron chi connectivity index (χ1n) is 6.64. The number of benzene rings is 1. The van der Waals surface area contributed by atoms with E-state index in [9.17, 15) is 9.59 Å². The number of hydrogen-bond donors (Lipinski definition) is 3. The van der Waals surface area contributed by atoms with Gasteiger partial charge in [0.2, 0.25) is 11.8 Å². The van der Waals surface area contributed by atoms with Gasteiger partial charge in [-0.05, 0) is 24.6 Å². The van der Waals surface area contributed by atoms with Crippen LogP contribution in [0, 0.1) is 0 Å². The van der Waals surface area contributed by atoms with E-state index in [1.54, 1.807) is 0 Å². The van der Waals surface area contributed by atoms with E-state index in [-0.39, 0.29) is 42.6 Å². The topological polar surface area (TPSA) is 70.2 Å². The third-order valence-corrected chi connectivity index (χ3v) is 3.72. The molecule has 1 aromatic carbocycles. The van der Waals surface area contributed by atoms with Crippen molar-refractivity contribution in [2.45, 2.75) is 24.8 Å². The van der Waals surface area contributed by atoms with Crippen LogP contribution in [0.3, 0.4) is 0 Å². The number of anilines is 1. The largest absolute Gasteiger partial charge is 0.351 e. The molecule has 6 heteroatoms. The Morgan fingerprint density at radius 1 is 1.30 bits per heavy atom. The molecule has 0 aromatic heterocycles. The van der Waals surface area contributed by atoms with E-state index in [1.165, 1.54) is 0 Å². The molecule has 1 aromatic rings. The van der Waals surface area contributed by atoms with Gasteiger partial charge in [-0.15, -0.1) is 12.4 Å². The summed E-state index contributed by atoms with van der Waals surface area (Å²) in [6.45, 7) is 1.75. The van der Waals surface area contributed by atoms with Gasteiger partial charge in [0.1, 0.15) is 0 Å². The van der Waals surface area contributed by atoms with Crippen molar-refractivity contribution in [3.05, 3.63) is 29.8 Å². The molecule has 0 aliphatic carbocycles. The second-order valence-corrected chi connectivity index (χ2v) is 5.09. The summed E-state index contributed by atoms with van der Waals surface area (Å²) >= 11 is 0. The lowest BCUT2D eigenvalue weighted by Gasteiger charge is -2.25. The first-order chi connectivity index (χ1) is 9.24. The van der Waals surface area contributed by atoms with Gasteiger partial charge in [0.05, 0.1) is 5.92 Å². The van der Waals surface area contributed by atoms with Crippen molar-refractivity contribution < 1.29 is 9.59 Å². The third-order valence-electron chi connectivity index (χ3n) is 3.72. The maximum absolute atomic E-state index is 12.3. The molecule has 108 valence electrons. The molecule has 2 aliphatic rings. The van der Waals surface area contributed by atoms with Crippen LogP contribution in [0.25, 0.3) is 0 Å². The predicted octanol–water partition coefficient (Wildman–Crippen LogP) is 1.01. The average molecular weight is 296 g/mol. The molecule has 2 aliphatic heterocycles. The lowest BCUT2D eigenvalue weighted by atomic mass is 9.89. The summed E-state index contributed by atoms with van der Waals surface area (Å²) in [7, 11) is 0. The molecule has 1 fully saturated rings. The van der Waals surface area contributed by atoms with Crippen molar-refractivity contribution in [2.75, 3.05) is 18.4 Å². The standard InChI is InChI=1S/C14H17N3O2.ClH/c18-13-7-11(10-3-1-2-4-12(10)17-13)14(19)16-9-5-6-15-8-9;/h1-4,9,11,15H,5-8H2,(H,16,19)(H,17,18);1H. The number of hydrogen-bond acceptors (Lipinski definition) is 3. The van der Waals surface area contributed by atoms with Crippen LogP contribution in [0.15, 0.2) is 24.3 Å². The Balaban J connectivity index is 0.00000147. The van der Waals surface area contributed by atoms with Gasteiger partial charge in [-0.25, -0.2) is 0 Å². The molecule has 0 radical (unpaired) electrons. The van der Waals surface area contributed by atoms with E-state index >= 15 is 0 Å². The summed E-state index contributed by atoms with van der Waals surface area (Å²) in [4.78, 5) is 24.0. The fraction of sp³-hybridized carbons (Fsp3) is 0.429. The summed E-state index contributed by atoms with van der Waals surface area (Å²) in [5.74, 6) is -0.509. The predicted molar refractivity (Wildman–Crippen MR) is 79.1 cm³/mol. The molecule has 20 heavy (non-hydrogen) atoms. The van der Waals surface area contributed by atoms with Crippen LogP contribution in [-0.4, -0.2) is 30.9 Å². The first-order valence-corrected chi connectivity index (χ1v) is 6.64. The maximum atomic E-state index is 12.3. The lowest BCUT2D eigenvalue weighted by molar-refractivity contribution is -0.126. The molecular weight excluding hydrogens is 278 g/mol. The first kappa shape index (κ1) is 14.8. The van der Waals surface area contributed by atoms with Crippen molar-refractivity contribution in [3.8, 4) is 0 Å². The highest BCUT2D eigenvalue weighted by Crippen LogP contribution is 2.32. The van der Waals surface area contributed by atoms with Crippen molar-refractivity contribution in [1.82, 2.24) is 10.6 Å². The molecule has 0 spiro atoms. The summed E-state index contributed by atoms with van der Waals surface area (Å²) in [6.07, 6.45) is 1.18. The van der Waals surface area contributed by atoms with Gasteiger partial charge in [-0.3, -0.25) is 9.59 Å². The minimum Gasteiger partial charge on any atom is -0.351 e. The zero-order valence-electron chi connectivity index (χ0n) is 11.0. The minimum atomic E-state index is -0.370. The second kappa shape index (κ2) is 6.24. The van der Waals surface area contributed by atoms with E-state index in [4.69, 9.17) is 0 Å². The second-order valence-electron chi connectivity index (χ2n) is 5.09. The van der Waals surface area contributed by atoms with Crippen LogP contribution in [0.1, 0.15) is 24.3 Å². The lowest BCUT2D eigenvalue weighted by Crippen LogP contribution is -2.41. The fourth-order valence-electron chi connectivity index (χ4n) is 2.72. The maximum Gasteiger partial charge on any atom is 0.228 e. The molecule has 1 saturated heterocycles. The zero-order valence-corrected chi connectivity index (χ0v) is 11.8. The van der Waals surface area contributed by atoms with Crippen LogP contribution in [0.5, 0.6) is 0 Å². The van der Waals surface area contributed by atoms with Gasteiger partial charge in [0.25, 0.3) is 0 Å². The number of para-hydroxylation sites is 1. The molecule has 5 nitrogen and oxygen atoms in total. The van der Waals surface area contributed by atoms with Crippen LogP contribution < -0.4 is 16.0 Å². The molecule has 2 amide bonds. The molecule has 0 bridgehead atoms. The van der Waals surface area contributed by atoms with Gasteiger partial charge in [-0.1, -0.05) is 18.2 Å². The number of carbonyl (C=O) groups excluding carboxylic acids is 2. The van der Waals surface area contributed by atoms with E-state index < -0.39 is 0 Å². The average Bonchev–Trinajstić information content (AvgIpc) is 2.90. The summed E-state index contributed by atoms with van der Waals surface area (Å²) in [5.41, 5.74) is 1.66. The number of amides is 2. The van der Waals surface area contributed by atoms with Crippen LogP contribution in [0.2, 0.25) is 0 Å². The minimum absolute atomic E-state index is 0. The Morgan fingerprint density at radius 3 is 2.85 bits per heavy atom. The molecular formula is C14H18ClN3O2. The van der Waals surface area contributed by atoms with Gasteiger partial charge in [-0.2, -0.15) is 0 Å². The van der Waals surface area contributed by atoms with E-state index in [0.29, 0.717) is 0 Å². The van der Waals surface area contributed by atoms with E-state index in [0.717, 1.165) is 30.8 Å². The smallest absolute Gasteiger partial charge is 0.228 e. The summed E-state index contributed by atoms with van der Waals surface area (Å²) in [6, 6.07) is 7.69. The quantitative estimate of drug-likeness (QED) is 0.763. The van der Waals surface area contributed by atoms with Crippen molar-refractivity contribution in [1.29, 1.82) is 0 Å². The summed E-state index contributed by atoms with van der Waals surface area (Å²) in [5, 5.41) is 9.05. The van der Waals surface area contributed by atoms with Gasteiger partial charge < -0.3 is 16.0 Å². The number of carbonyl (C=O) groups is 2. The van der Waals surface area contributed by atoms with Crippen LogP contribution in [0.4, 0.5) is 5.69 Å². The highest BCUT2D eigenvalue weighted by molar-refractivity contribution is 6.01. The number of nitrogens with one attached hydrogen (secondary N) is 3. The van der Waals surface area contributed by atoms with Crippen molar-refractivity contribution in [2.24, 2.45) is 0 Å². The Kier molecular flexibility index (Phi) is 4.62. The Morgan fingerprint density at radius 2 is 2.10 bits per heavy atom. The highest BCUT2D eigenvalue weighted by atomic mass is 35.5. The molecule has 2 atom stereocenters. The number of halogens is 1. The zero-order chi connectivity index (χ0) is 13.2. The molecule has 2 heterocycles. The number of rotatable bonds is 2. The van der Waals surface area contributed by atoms with E-state index in [2.05, 4.69) is 16.0 Å². The van der Waals surface area contributed by atoms with E-state index in [1.807, 2.05) is 24.3 Å². The van der Waals surface area contributed by atoms with Gasteiger partial charge >= 0.3 is 0 Å². The summed E-state index contributed by atoms with van der Waals surface area (Å²) < 4.78 is 0. The molecule has 3 N–H and O–H groups in total. The monoisotopic (exact) mass is 295 g/mol. The Hall–Kier alpha value is -1.59. The SMILES string of the molecule is Cl.O=C1CC(C(=O)NC2CCNC2)c2ccccc2N1. The fourth-order valence-corrected chi connectivity index (χ4v) is 2.72. The normalized spacial score (nSPS) is 24.3. The van der Waals surface area contributed by atoms with Crippen molar-refractivity contribution in [3.63, 3.8) is 0 Å². The molecule has 3 rings (SSSR count). The molecule has 0 saturated carbocycles.